The highest BCUT2D eigenvalue weighted by atomic mass is 16.5. The summed E-state index contributed by atoms with van der Waals surface area (Å²) in [6.07, 6.45) is 4.30. The molecule has 0 spiro atoms. The highest BCUT2D eigenvalue weighted by molar-refractivity contribution is 5.85. The van der Waals surface area contributed by atoms with Crippen molar-refractivity contribution in [1.29, 1.82) is 0 Å². The van der Waals surface area contributed by atoms with Crippen LogP contribution < -0.4 is 15.5 Å². The smallest absolute Gasteiger partial charge is 0.308 e. The van der Waals surface area contributed by atoms with E-state index < -0.39 is 0 Å². The van der Waals surface area contributed by atoms with Gasteiger partial charge in [0.05, 0.1) is 12.5 Å². The van der Waals surface area contributed by atoms with Crippen LogP contribution in [-0.4, -0.2) is 76.2 Å². The Balaban J connectivity index is 1.84. The predicted octanol–water partition coefficient (Wildman–Crippen LogP) is 2.26. The SMILES string of the molecule is CCOC(=O)C1CCC(NC(=NCC(=O)N(C)C)NCCCN(C)c2ccccc2)CC1. The van der Waals surface area contributed by atoms with Crippen molar-refractivity contribution < 1.29 is 14.3 Å². The van der Waals surface area contributed by atoms with Crippen LogP contribution in [0.4, 0.5) is 5.69 Å². The standard InChI is InChI=1S/C24H39N5O3/c1-5-32-23(31)19-12-14-20(15-13-19)27-24(26-18-22(30)28(2)3)25-16-9-17-29(4)21-10-7-6-8-11-21/h6-8,10-11,19-20H,5,9,12-18H2,1-4H3,(H2,25,26,27). The van der Waals surface area contributed by atoms with Crippen LogP contribution in [0.25, 0.3) is 0 Å². The van der Waals surface area contributed by atoms with Crippen LogP contribution >= 0.6 is 0 Å². The number of nitrogens with one attached hydrogen (secondary N) is 2. The predicted molar refractivity (Wildman–Crippen MR) is 129 cm³/mol. The zero-order valence-corrected chi connectivity index (χ0v) is 20.0. The van der Waals surface area contributed by atoms with E-state index in [9.17, 15) is 9.59 Å². The number of hydrogen-bond donors (Lipinski definition) is 2. The minimum atomic E-state index is -0.0860. The van der Waals surface area contributed by atoms with Gasteiger partial charge in [-0.05, 0) is 51.2 Å². The number of hydrogen-bond acceptors (Lipinski definition) is 5. The number of esters is 1. The Hall–Kier alpha value is -2.77. The van der Waals surface area contributed by atoms with Crippen molar-refractivity contribution in [2.75, 3.05) is 52.3 Å². The fourth-order valence-electron chi connectivity index (χ4n) is 3.70. The van der Waals surface area contributed by atoms with E-state index >= 15 is 0 Å². The lowest BCUT2D eigenvalue weighted by Gasteiger charge is -2.29. The molecule has 0 atom stereocenters. The molecule has 2 N–H and O–H groups in total. The van der Waals surface area contributed by atoms with E-state index in [2.05, 4.69) is 39.7 Å². The number of nitrogens with zero attached hydrogens (tertiary/aromatic N) is 3. The lowest BCUT2D eigenvalue weighted by molar-refractivity contribution is -0.149. The Labute approximate surface area is 192 Å². The monoisotopic (exact) mass is 445 g/mol. The molecule has 32 heavy (non-hydrogen) atoms. The van der Waals surface area contributed by atoms with Gasteiger partial charge >= 0.3 is 5.97 Å². The molecule has 8 heteroatoms. The molecule has 0 unspecified atom stereocenters. The first-order valence-corrected chi connectivity index (χ1v) is 11.6. The molecule has 1 amide bonds. The second-order valence-electron chi connectivity index (χ2n) is 8.44. The van der Waals surface area contributed by atoms with Crippen LogP contribution in [0.3, 0.4) is 0 Å². The molecule has 0 aromatic heterocycles. The van der Waals surface area contributed by atoms with Gasteiger partial charge in [0, 0.05) is 46.0 Å². The molecule has 0 bridgehead atoms. The van der Waals surface area contributed by atoms with Gasteiger partial charge in [0.2, 0.25) is 5.91 Å². The number of rotatable bonds is 10. The van der Waals surface area contributed by atoms with Crippen molar-refractivity contribution in [2.24, 2.45) is 10.9 Å². The van der Waals surface area contributed by atoms with E-state index in [1.165, 1.54) is 5.69 Å². The molecule has 0 aliphatic heterocycles. The maximum atomic E-state index is 12.0. The van der Waals surface area contributed by atoms with Crippen LogP contribution in [-0.2, 0) is 14.3 Å². The average molecular weight is 446 g/mol. The van der Waals surface area contributed by atoms with E-state index in [-0.39, 0.29) is 30.4 Å². The number of para-hydroxylation sites is 1. The van der Waals surface area contributed by atoms with Gasteiger partial charge in [-0.1, -0.05) is 18.2 Å². The molecular weight excluding hydrogens is 406 g/mol. The zero-order chi connectivity index (χ0) is 23.3. The minimum absolute atomic E-state index is 0.00908. The molecule has 2 rings (SSSR count). The van der Waals surface area contributed by atoms with Gasteiger partial charge in [-0.2, -0.15) is 0 Å². The van der Waals surface area contributed by atoms with E-state index in [0.29, 0.717) is 12.6 Å². The summed E-state index contributed by atoms with van der Waals surface area (Å²) >= 11 is 0. The molecule has 0 saturated heterocycles. The molecule has 1 fully saturated rings. The fourth-order valence-corrected chi connectivity index (χ4v) is 3.70. The van der Waals surface area contributed by atoms with Crippen molar-refractivity contribution in [3.63, 3.8) is 0 Å². The Morgan fingerprint density at radius 3 is 2.41 bits per heavy atom. The first-order valence-electron chi connectivity index (χ1n) is 11.6. The summed E-state index contributed by atoms with van der Waals surface area (Å²) in [5.41, 5.74) is 1.19. The van der Waals surface area contributed by atoms with Gasteiger partial charge in [0.1, 0.15) is 6.54 Å². The minimum Gasteiger partial charge on any atom is -0.466 e. The second kappa shape index (κ2) is 13.6. The second-order valence-corrected chi connectivity index (χ2v) is 8.44. The van der Waals surface area contributed by atoms with Gasteiger partial charge in [0.25, 0.3) is 0 Å². The number of amides is 1. The zero-order valence-electron chi connectivity index (χ0n) is 20.0. The highest BCUT2D eigenvalue weighted by Crippen LogP contribution is 2.25. The molecule has 0 radical (unpaired) electrons. The third-order valence-electron chi connectivity index (χ3n) is 5.72. The molecule has 1 aromatic rings. The van der Waals surface area contributed by atoms with Crippen LogP contribution in [0.1, 0.15) is 39.0 Å². The van der Waals surface area contributed by atoms with Gasteiger partial charge in [-0.3, -0.25) is 9.59 Å². The van der Waals surface area contributed by atoms with Crippen LogP contribution in [0, 0.1) is 5.92 Å². The summed E-state index contributed by atoms with van der Waals surface area (Å²) in [6, 6.07) is 10.5. The lowest BCUT2D eigenvalue weighted by atomic mass is 9.86. The quantitative estimate of drug-likeness (QED) is 0.249. The van der Waals surface area contributed by atoms with Gasteiger partial charge in [0.15, 0.2) is 5.96 Å². The van der Waals surface area contributed by atoms with Crippen molar-refractivity contribution >= 4 is 23.5 Å². The Bertz CT molecular complexity index is 730. The third-order valence-corrected chi connectivity index (χ3v) is 5.72. The van der Waals surface area contributed by atoms with Crippen molar-refractivity contribution in [1.82, 2.24) is 15.5 Å². The fraction of sp³-hybridized carbons (Fsp3) is 0.625. The number of guanidine groups is 1. The molecule has 178 valence electrons. The molecule has 0 heterocycles. The van der Waals surface area contributed by atoms with Gasteiger partial charge in [-0.15, -0.1) is 0 Å². The average Bonchev–Trinajstić information content (AvgIpc) is 2.80. The number of carbonyl (C=O) groups excluding carboxylic acids is 2. The van der Waals surface area contributed by atoms with Crippen molar-refractivity contribution in [2.45, 2.75) is 45.1 Å². The number of benzene rings is 1. The number of likely N-dealkylation sites (N-methyl/N-ethyl adjacent to an activating group) is 1. The topological polar surface area (TPSA) is 86.3 Å². The Kier molecular flexibility index (Phi) is 10.8. The molecule has 1 saturated carbocycles. The molecule has 1 aromatic carbocycles. The van der Waals surface area contributed by atoms with Crippen molar-refractivity contribution in [3.8, 4) is 0 Å². The Morgan fingerprint density at radius 1 is 1.09 bits per heavy atom. The molecular formula is C24H39N5O3. The van der Waals surface area contributed by atoms with E-state index in [0.717, 1.165) is 45.2 Å². The largest absolute Gasteiger partial charge is 0.466 e. The maximum Gasteiger partial charge on any atom is 0.308 e. The van der Waals surface area contributed by atoms with E-state index in [4.69, 9.17) is 4.74 Å². The summed E-state index contributed by atoms with van der Waals surface area (Å²) in [6.45, 7) is 4.02. The van der Waals surface area contributed by atoms with Crippen LogP contribution in [0.5, 0.6) is 0 Å². The number of carbonyl (C=O) groups is 2. The normalized spacial score (nSPS) is 18.6. The summed E-state index contributed by atoms with van der Waals surface area (Å²) in [5, 5.41) is 6.84. The van der Waals surface area contributed by atoms with E-state index in [1.807, 2.05) is 25.1 Å². The lowest BCUT2D eigenvalue weighted by Crippen LogP contribution is -2.46. The maximum absolute atomic E-state index is 12.0. The molecule has 1 aliphatic rings. The number of ether oxygens (including phenoxy) is 1. The molecule has 8 nitrogen and oxygen atoms in total. The first-order chi connectivity index (χ1) is 15.4. The summed E-state index contributed by atoms with van der Waals surface area (Å²) < 4.78 is 5.16. The van der Waals surface area contributed by atoms with E-state index in [1.54, 1.807) is 19.0 Å². The molecule has 1 aliphatic carbocycles. The summed E-state index contributed by atoms with van der Waals surface area (Å²) in [4.78, 5) is 32.2. The number of anilines is 1. The third kappa shape index (κ3) is 8.77. The van der Waals surface area contributed by atoms with Crippen LogP contribution in [0.2, 0.25) is 0 Å². The van der Waals surface area contributed by atoms with Gasteiger partial charge in [-0.25, -0.2) is 4.99 Å². The Morgan fingerprint density at radius 2 is 1.78 bits per heavy atom. The van der Waals surface area contributed by atoms with Gasteiger partial charge < -0.3 is 25.2 Å². The van der Waals surface area contributed by atoms with Crippen molar-refractivity contribution in [3.05, 3.63) is 30.3 Å². The first kappa shape index (κ1) is 25.5. The van der Waals surface area contributed by atoms with Crippen LogP contribution in [0.15, 0.2) is 35.3 Å². The summed E-state index contributed by atoms with van der Waals surface area (Å²) in [5.74, 6) is 0.519. The highest BCUT2D eigenvalue weighted by Gasteiger charge is 2.27. The summed E-state index contributed by atoms with van der Waals surface area (Å²) in [7, 11) is 5.54. The number of aliphatic imine (C=N–C) groups is 1.